The van der Waals surface area contributed by atoms with E-state index in [0.29, 0.717) is 37.2 Å². The lowest BCUT2D eigenvalue weighted by atomic mass is 9.89. The molecule has 140 valence electrons. The van der Waals surface area contributed by atoms with Gasteiger partial charge in [0.15, 0.2) is 5.79 Å². The molecule has 2 aliphatic heterocycles. The highest BCUT2D eigenvalue weighted by Crippen LogP contribution is 2.37. The molecule has 3 rings (SSSR count). The molecular formula is C19H23NO6. The smallest absolute Gasteiger partial charge is 0.305 e. The van der Waals surface area contributed by atoms with Crippen LogP contribution in [0.25, 0.3) is 0 Å². The summed E-state index contributed by atoms with van der Waals surface area (Å²) in [5, 5.41) is 0. The zero-order valence-electron chi connectivity index (χ0n) is 15.0. The van der Waals surface area contributed by atoms with Crippen LogP contribution in [0.3, 0.4) is 0 Å². The number of amides is 2. The molecule has 0 spiro atoms. The van der Waals surface area contributed by atoms with Crippen molar-refractivity contribution in [1.82, 2.24) is 4.90 Å². The molecule has 7 heteroatoms. The van der Waals surface area contributed by atoms with Gasteiger partial charge in [-0.05, 0) is 18.6 Å². The second-order valence-corrected chi connectivity index (χ2v) is 6.45. The van der Waals surface area contributed by atoms with E-state index < -0.39 is 5.79 Å². The van der Waals surface area contributed by atoms with E-state index in [1.54, 1.807) is 24.3 Å². The molecule has 0 saturated carbocycles. The highest BCUT2D eigenvalue weighted by molar-refractivity contribution is 6.21. The number of methoxy groups -OCH3 is 1. The third kappa shape index (κ3) is 3.24. The van der Waals surface area contributed by atoms with E-state index in [1.807, 2.05) is 6.92 Å². The Morgan fingerprint density at radius 3 is 2.27 bits per heavy atom. The molecule has 1 aromatic rings. The Morgan fingerprint density at radius 2 is 1.77 bits per heavy atom. The maximum Gasteiger partial charge on any atom is 0.305 e. The fourth-order valence-electron chi connectivity index (χ4n) is 3.66. The summed E-state index contributed by atoms with van der Waals surface area (Å²) in [5.74, 6) is -2.15. The highest BCUT2D eigenvalue weighted by Gasteiger charge is 2.46. The summed E-state index contributed by atoms with van der Waals surface area (Å²) in [5.41, 5.74) is 0.836. The van der Waals surface area contributed by atoms with E-state index in [2.05, 4.69) is 0 Å². The van der Waals surface area contributed by atoms with Gasteiger partial charge >= 0.3 is 5.97 Å². The summed E-state index contributed by atoms with van der Waals surface area (Å²) < 4.78 is 16.5. The van der Waals surface area contributed by atoms with E-state index in [0.717, 1.165) is 0 Å². The van der Waals surface area contributed by atoms with Crippen LogP contribution in [-0.2, 0) is 19.0 Å². The van der Waals surface area contributed by atoms with E-state index in [-0.39, 0.29) is 36.7 Å². The van der Waals surface area contributed by atoms with Crippen molar-refractivity contribution in [3.63, 3.8) is 0 Å². The minimum absolute atomic E-state index is 0.162. The second kappa shape index (κ2) is 7.55. The Bertz CT molecular complexity index is 675. The summed E-state index contributed by atoms with van der Waals surface area (Å²) in [6.07, 6.45) is 1.13. The van der Waals surface area contributed by atoms with E-state index >= 15 is 0 Å². The first-order chi connectivity index (χ1) is 12.5. The number of hydrogen-bond donors (Lipinski definition) is 0. The van der Waals surface area contributed by atoms with Crippen LogP contribution in [0.1, 0.15) is 46.9 Å². The summed E-state index contributed by atoms with van der Waals surface area (Å²) in [6, 6.07) is 6.78. The minimum atomic E-state index is -0.988. The summed E-state index contributed by atoms with van der Waals surface area (Å²) in [7, 11) is 1.34. The van der Waals surface area contributed by atoms with Crippen LogP contribution in [-0.4, -0.2) is 55.3 Å². The fraction of sp³-hybridized carbons (Fsp3) is 0.526. The van der Waals surface area contributed by atoms with Gasteiger partial charge in [0.1, 0.15) is 0 Å². The van der Waals surface area contributed by atoms with Crippen molar-refractivity contribution in [2.24, 2.45) is 5.92 Å². The predicted molar refractivity (Wildman–Crippen MR) is 91.5 cm³/mol. The highest BCUT2D eigenvalue weighted by atomic mass is 16.7. The largest absolute Gasteiger partial charge is 0.469 e. The van der Waals surface area contributed by atoms with Crippen molar-refractivity contribution in [2.45, 2.75) is 32.0 Å². The number of ether oxygens (including phenoxy) is 3. The van der Waals surface area contributed by atoms with Crippen LogP contribution in [0.15, 0.2) is 24.3 Å². The Kier molecular flexibility index (Phi) is 5.38. The van der Waals surface area contributed by atoms with E-state index in [1.165, 1.54) is 12.0 Å². The molecule has 1 atom stereocenters. The lowest BCUT2D eigenvalue weighted by Gasteiger charge is -2.35. The average Bonchev–Trinajstić information content (AvgIpc) is 3.23. The van der Waals surface area contributed by atoms with Gasteiger partial charge in [0, 0.05) is 18.9 Å². The van der Waals surface area contributed by atoms with Crippen molar-refractivity contribution in [2.75, 3.05) is 26.9 Å². The molecule has 26 heavy (non-hydrogen) atoms. The summed E-state index contributed by atoms with van der Waals surface area (Å²) in [6.45, 7) is 2.95. The van der Waals surface area contributed by atoms with Crippen molar-refractivity contribution < 1.29 is 28.6 Å². The Morgan fingerprint density at radius 1 is 1.19 bits per heavy atom. The van der Waals surface area contributed by atoms with Gasteiger partial charge in [0.05, 0.1) is 37.9 Å². The number of carbonyl (C=O) groups is 3. The molecule has 7 nitrogen and oxygen atoms in total. The number of esters is 1. The first-order valence-electron chi connectivity index (χ1n) is 8.82. The quantitative estimate of drug-likeness (QED) is 0.546. The summed E-state index contributed by atoms with van der Waals surface area (Å²) >= 11 is 0. The van der Waals surface area contributed by atoms with Gasteiger partial charge in [-0.15, -0.1) is 0 Å². The Hall–Kier alpha value is -2.25. The van der Waals surface area contributed by atoms with E-state index in [4.69, 9.17) is 14.2 Å². The van der Waals surface area contributed by atoms with Crippen LogP contribution >= 0.6 is 0 Å². The maximum atomic E-state index is 12.5. The van der Waals surface area contributed by atoms with Crippen LogP contribution < -0.4 is 0 Å². The van der Waals surface area contributed by atoms with Crippen molar-refractivity contribution >= 4 is 17.8 Å². The second-order valence-electron chi connectivity index (χ2n) is 6.45. The number of benzene rings is 1. The van der Waals surface area contributed by atoms with Crippen LogP contribution in [0, 0.1) is 5.92 Å². The lowest BCUT2D eigenvalue weighted by molar-refractivity contribution is -0.206. The molecule has 2 aliphatic rings. The third-order valence-corrected chi connectivity index (χ3v) is 5.09. The van der Waals surface area contributed by atoms with Crippen molar-refractivity contribution in [3.05, 3.63) is 35.4 Å². The number of imide groups is 1. The zero-order chi connectivity index (χ0) is 18.7. The van der Waals surface area contributed by atoms with Crippen LogP contribution in [0.2, 0.25) is 0 Å². The van der Waals surface area contributed by atoms with Gasteiger partial charge in [-0.2, -0.15) is 0 Å². The average molecular weight is 361 g/mol. The molecule has 2 heterocycles. The molecule has 0 N–H and O–H groups in total. The molecule has 0 aromatic heterocycles. The molecule has 1 unspecified atom stereocenters. The molecule has 0 aliphatic carbocycles. The van der Waals surface area contributed by atoms with Crippen molar-refractivity contribution in [3.8, 4) is 0 Å². The number of nitrogens with zero attached hydrogens (tertiary/aromatic N) is 1. The first-order valence-corrected chi connectivity index (χ1v) is 8.82. The lowest BCUT2D eigenvalue weighted by Crippen LogP contribution is -2.44. The standard InChI is InChI=1S/C19H23NO6/c1-3-13(12-16(21)24-2)19(25-10-11-26-19)8-9-20-17(22)14-6-4-5-7-15(14)18(20)23/h4-7,13H,3,8-12H2,1-2H3. The molecule has 1 saturated heterocycles. The predicted octanol–water partition coefficient (Wildman–Crippen LogP) is 2.01. The van der Waals surface area contributed by atoms with Crippen molar-refractivity contribution in [1.29, 1.82) is 0 Å². The van der Waals surface area contributed by atoms with Crippen LogP contribution in [0.4, 0.5) is 0 Å². The Balaban J connectivity index is 1.75. The third-order valence-electron chi connectivity index (χ3n) is 5.09. The maximum absolute atomic E-state index is 12.5. The zero-order valence-corrected chi connectivity index (χ0v) is 15.0. The number of hydrogen-bond acceptors (Lipinski definition) is 6. The number of rotatable bonds is 7. The van der Waals surface area contributed by atoms with Gasteiger partial charge in [-0.1, -0.05) is 19.1 Å². The fourth-order valence-corrected chi connectivity index (χ4v) is 3.66. The van der Waals surface area contributed by atoms with Gasteiger partial charge in [-0.3, -0.25) is 19.3 Å². The van der Waals surface area contributed by atoms with Gasteiger partial charge in [0.2, 0.25) is 0 Å². The molecule has 0 radical (unpaired) electrons. The Labute approximate surface area is 152 Å². The molecule has 0 bridgehead atoms. The summed E-state index contributed by atoms with van der Waals surface area (Å²) in [4.78, 5) is 38.0. The normalized spacial score (nSPS) is 19.5. The van der Waals surface area contributed by atoms with E-state index in [9.17, 15) is 14.4 Å². The van der Waals surface area contributed by atoms with Gasteiger partial charge in [0.25, 0.3) is 11.8 Å². The monoisotopic (exact) mass is 361 g/mol. The molecule has 2 amide bonds. The SMILES string of the molecule is CCC(CC(=O)OC)C1(CCN2C(=O)c3ccccc3C2=O)OCCO1. The molecule has 1 fully saturated rings. The minimum Gasteiger partial charge on any atom is -0.469 e. The molecule has 1 aromatic carbocycles. The first kappa shape index (κ1) is 18.5. The number of carbonyl (C=O) groups excluding carboxylic acids is 3. The van der Waals surface area contributed by atoms with Gasteiger partial charge < -0.3 is 14.2 Å². The van der Waals surface area contributed by atoms with Gasteiger partial charge in [-0.25, -0.2) is 0 Å². The number of fused-ring (bicyclic) bond motifs is 1. The molecular weight excluding hydrogens is 338 g/mol. The van der Waals surface area contributed by atoms with Crippen LogP contribution in [0.5, 0.6) is 0 Å². The topological polar surface area (TPSA) is 82.1 Å².